The second kappa shape index (κ2) is 4.06. The Bertz CT molecular complexity index is 529. The second-order valence-electron chi connectivity index (χ2n) is 3.13. The number of nitrogens with zero attached hydrogens (tertiary/aromatic N) is 2. The minimum absolute atomic E-state index is 0.00472. The molecule has 5 heteroatoms. The van der Waals surface area contributed by atoms with Gasteiger partial charge in [-0.25, -0.2) is 4.39 Å². The molecule has 4 nitrogen and oxygen atoms in total. The first-order valence-corrected chi connectivity index (χ1v) is 4.53. The topological polar surface area (TPSA) is 56.0 Å². The van der Waals surface area contributed by atoms with Crippen molar-refractivity contribution in [2.45, 2.75) is 0 Å². The zero-order valence-corrected chi connectivity index (χ0v) is 8.13. The summed E-state index contributed by atoms with van der Waals surface area (Å²) in [6, 6.07) is 6.86. The van der Waals surface area contributed by atoms with Gasteiger partial charge in [-0.3, -0.25) is 15.1 Å². The van der Waals surface area contributed by atoms with Gasteiger partial charge >= 0.3 is 0 Å². The highest BCUT2D eigenvalue weighted by Crippen LogP contribution is 2.31. The molecular weight excluding hydrogens is 211 g/mol. The molecule has 2 aromatic rings. The van der Waals surface area contributed by atoms with Crippen molar-refractivity contribution in [2.75, 3.05) is 0 Å². The van der Waals surface area contributed by atoms with E-state index in [1.807, 2.05) is 0 Å². The van der Waals surface area contributed by atoms with Crippen LogP contribution in [0.1, 0.15) is 0 Å². The Morgan fingerprint density at radius 2 is 1.88 bits per heavy atom. The van der Waals surface area contributed by atoms with Gasteiger partial charge in [-0.15, -0.1) is 0 Å². The van der Waals surface area contributed by atoms with Crippen molar-refractivity contribution in [1.29, 1.82) is 0 Å². The van der Waals surface area contributed by atoms with Gasteiger partial charge in [-0.1, -0.05) is 6.07 Å². The number of nitro groups is 1. The molecule has 0 N–H and O–H groups in total. The summed E-state index contributed by atoms with van der Waals surface area (Å²) in [7, 11) is 0. The first-order chi connectivity index (χ1) is 7.70. The molecule has 0 unspecified atom stereocenters. The molecule has 0 amide bonds. The van der Waals surface area contributed by atoms with Crippen molar-refractivity contribution < 1.29 is 9.31 Å². The van der Waals surface area contributed by atoms with Crippen LogP contribution in [0.4, 0.5) is 10.1 Å². The molecule has 0 fully saturated rings. The Labute approximate surface area is 90.5 Å². The van der Waals surface area contributed by atoms with Crippen LogP contribution < -0.4 is 0 Å². The molecule has 1 aromatic carbocycles. The number of benzene rings is 1. The molecule has 0 aliphatic carbocycles. The fourth-order valence-electron chi connectivity index (χ4n) is 1.47. The lowest BCUT2D eigenvalue weighted by atomic mass is 10.0. The maximum atomic E-state index is 13.6. The molecule has 0 spiro atoms. The highest BCUT2D eigenvalue weighted by molar-refractivity contribution is 5.73. The van der Waals surface area contributed by atoms with E-state index in [1.165, 1.54) is 42.7 Å². The van der Waals surface area contributed by atoms with E-state index in [0.29, 0.717) is 5.56 Å². The summed E-state index contributed by atoms with van der Waals surface area (Å²) in [6.45, 7) is 0. The van der Waals surface area contributed by atoms with Crippen LogP contribution in [0, 0.1) is 15.9 Å². The smallest absolute Gasteiger partial charge is 0.265 e. The monoisotopic (exact) mass is 218 g/mol. The van der Waals surface area contributed by atoms with Crippen LogP contribution in [0.15, 0.2) is 42.7 Å². The maximum Gasteiger partial charge on any atom is 0.280 e. The summed E-state index contributed by atoms with van der Waals surface area (Å²) in [6.07, 6.45) is 2.93. The Kier molecular flexibility index (Phi) is 2.59. The van der Waals surface area contributed by atoms with Gasteiger partial charge < -0.3 is 0 Å². The fourth-order valence-corrected chi connectivity index (χ4v) is 1.47. The van der Waals surface area contributed by atoms with Gasteiger partial charge in [0.2, 0.25) is 0 Å². The van der Waals surface area contributed by atoms with Gasteiger partial charge in [0.05, 0.1) is 10.5 Å². The van der Waals surface area contributed by atoms with Crippen LogP contribution in [0.25, 0.3) is 11.1 Å². The highest BCUT2D eigenvalue weighted by Gasteiger charge is 2.18. The summed E-state index contributed by atoms with van der Waals surface area (Å²) in [4.78, 5) is 14.0. The lowest BCUT2D eigenvalue weighted by molar-refractivity contribution is -0.384. The van der Waals surface area contributed by atoms with Crippen molar-refractivity contribution in [3.63, 3.8) is 0 Å². The first-order valence-electron chi connectivity index (χ1n) is 4.53. The Hall–Kier alpha value is -2.30. The average molecular weight is 218 g/mol. The zero-order chi connectivity index (χ0) is 11.5. The van der Waals surface area contributed by atoms with E-state index in [1.54, 1.807) is 0 Å². The van der Waals surface area contributed by atoms with E-state index in [4.69, 9.17) is 0 Å². The van der Waals surface area contributed by atoms with Crippen LogP contribution in [0.5, 0.6) is 0 Å². The van der Waals surface area contributed by atoms with Crippen molar-refractivity contribution in [2.24, 2.45) is 0 Å². The van der Waals surface area contributed by atoms with Gasteiger partial charge in [0.1, 0.15) is 5.82 Å². The third-order valence-electron chi connectivity index (χ3n) is 2.16. The molecule has 2 rings (SSSR count). The molecule has 0 atom stereocenters. The number of hydrogen-bond donors (Lipinski definition) is 0. The van der Waals surface area contributed by atoms with E-state index in [2.05, 4.69) is 4.98 Å². The fraction of sp³-hybridized carbons (Fsp3) is 0. The van der Waals surface area contributed by atoms with Gasteiger partial charge in [0, 0.05) is 18.5 Å². The number of rotatable bonds is 2. The minimum atomic E-state index is -0.611. The molecule has 0 aliphatic rings. The highest BCUT2D eigenvalue weighted by atomic mass is 19.1. The summed E-state index contributed by atoms with van der Waals surface area (Å²) >= 11 is 0. The van der Waals surface area contributed by atoms with Crippen molar-refractivity contribution in [1.82, 2.24) is 4.98 Å². The molecule has 16 heavy (non-hydrogen) atoms. The molecule has 0 saturated carbocycles. The molecule has 80 valence electrons. The van der Waals surface area contributed by atoms with E-state index < -0.39 is 10.7 Å². The normalized spacial score (nSPS) is 10.1. The largest absolute Gasteiger partial charge is 0.280 e. The van der Waals surface area contributed by atoms with Crippen LogP contribution in [0.2, 0.25) is 0 Å². The van der Waals surface area contributed by atoms with Crippen molar-refractivity contribution in [3.8, 4) is 11.1 Å². The second-order valence-corrected chi connectivity index (χ2v) is 3.13. The van der Waals surface area contributed by atoms with E-state index in [-0.39, 0.29) is 11.3 Å². The van der Waals surface area contributed by atoms with Gasteiger partial charge in [-0.2, -0.15) is 0 Å². The van der Waals surface area contributed by atoms with Crippen LogP contribution in [-0.4, -0.2) is 9.91 Å². The standard InChI is InChI=1S/C11H7FN2O2/c12-9-2-1-3-10(14(15)16)11(9)8-4-6-13-7-5-8/h1-7H. The number of nitro benzene ring substituents is 1. The molecule has 0 radical (unpaired) electrons. The number of halogens is 1. The van der Waals surface area contributed by atoms with Gasteiger partial charge in [-0.05, 0) is 23.8 Å². The van der Waals surface area contributed by atoms with Crippen molar-refractivity contribution in [3.05, 3.63) is 58.7 Å². The van der Waals surface area contributed by atoms with Crippen LogP contribution in [-0.2, 0) is 0 Å². The predicted molar refractivity (Wildman–Crippen MR) is 56.3 cm³/mol. The molecule has 0 saturated heterocycles. The lowest BCUT2D eigenvalue weighted by Crippen LogP contribution is -1.94. The third kappa shape index (κ3) is 1.75. The molecule has 0 bridgehead atoms. The quantitative estimate of drug-likeness (QED) is 0.575. The summed E-state index contributed by atoms with van der Waals surface area (Å²) < 4.78 is 13.6. The Morgan fingerprint density at radius 3 is 2.50 bits per heavy atom. The van der Waals surface area contributed by atoms with Crippen LogP contribution in [0.3, 0.4) is 0 Å². The summed E-state index contributed by atoms with van der Waals surface area (Å²) in [5.41, 5.74) is 0.195. The molecule has 1 aromatic heterocycles. The molecule has 0 aliphatic heterocycles. The first kappa shape index (κ1) is 10.2. The van der Waals surface area contributed by atoms with Crippen LogP contribution >= 0.6 is 0 Å². The lowest BCUT2D eigenvalue weighted by Gasteiger charge is -2.03. The maximum absolute atomic E-state index is 13.6. The van der Waals surface area contributed by atoms with Crippen molar-refractivity contribution >= 4 is 5.69 Å². The summed E-state index contributed by atoms with van der Waals surface area (Å²) in [5.74, 6) is -0.611. The van der Waals surface area contributed by atoms with E-state index in [9.17, 15) is 14.5 Å². The molecular formula is C11H7FN2O2. The Balaban J connectivity index is 2.68. The van der Waals surface area contributed by atoms with Gasteiger partial charge in [0.25, 0.3) is 5.69 Å². The number of pyridine rings is 1. The number of aromatic nitrogens is 1. The average Bonchev–Trinajstić information content (AvgIpc) is 2.29. The molecule has 1 heterocycles. The Morgan fingerprint density at radius 1 is 1.19 bits per heavy atom. The summed E-state index contributed by atoms with van der Waals surface area (Å²) in [5, 5.41) is 10.8. The SMILES string of the molecule is O=[N+]([O-])c1cccc(F)c1-c1ccncc1. The van der Waals surface area contributed by atoms with E-state index >= 15 is 0 Å². The van der Waals surface area contributed by atoms with E-state index in [0.717, 1.165) is 0 Å². The minimum Gasteiger partial charge on any atom is -0.265 e. The van der Waals surface area contributed by atoms with Gasteiger partial charge in [0.15, 0.2) is 0 Å². The number of hydrogen-bond acceptors (Lipinski definition) is 3. The third-order valence-corrected chi connectivity index (χ3v) is 2.16. The predicted octanol–water partition coefficient (Wildman–Crippen LogP) is 2.80. The zero-order valence-electron chi connectivity index (χ0n) is 8.13.